The lowest BCUT2D eigenvalue weighted by atomic mass is 10.3. The number of hydrogen-bond donors (Lipinski definition) is 2. The fraction of sp³-hybridized carbons (Fsp3) is 0.444. The summed E-state index contributed by atoms with van der Waals surface area (Å²) in [6.07, 6.45) is -5.85. The van der Waals surface area contributed by atoms with Gasteiger partial charge in [-0.25, -0.2) is 14.6 Å². The highest BCUT2D eigenvalue weighted by atomic mass is 32.1. The van der Waals surface area contributed by atoms with Crippen LogP contribution >= 0.6 is 11.3 Å². The fourth-order valence-electron chi connectivity index (χ4n) is 1.01. The van der Waals surface area contributed by atoms with E-state index in [0.717, 1.165) is 11.3 Å². The predicted molar refractivity (Wildman–Crippen MR) is 58.0 cm³/mol. The number of carbonyl (C=O) groups is 2. The SMILES string of the molecule is CC(NC(=O)OCC(F)(F)F)c1nc(C(=O)O)cs1. The molecule has 19 heavy (non-hydrogen) atoms. The van der Waals surface area contributed by atoms with Crippen LogP contribution in [0.2, 0.25) is 0 Å². The molecule has 1 amide bonds. The van der Waals surface area contributed by atoms with E-state index in [1.165, 1.54) is 12.3 Å². The number of nitrogens with zero attached hydrogens (tertiary/aromatic N) is 1. The van der Waals surface area contributed by atoms with Gasteiger partial charge >= 0.3 is 18.2 Å². The van der Waals surface area contributed by atoms with Crippen molar-refractivity contribution < 1.29 is 32.6 Å². The molecule has 106 valence electrons. The first-order chi connectivity index (χ1) is 8.69. The third kappa shape index (κ3) is 5.12. The Bertz CT molecular complexity index is 474. The molecule has 0 saturated heterocycles. The Morgan fingerprint density at radius 1 is 1.58 bits per heavy atom. The minimum absolute atomic E-state index is 0.197. The van der Waals surface area contributed by atoms with Gasteiger partial charge in [-0.3, -0.25) is 0 Å². The zero-order chi connectivity index (χ0) is 14.6. The van der Waals surface area contributed by atoms with E-state index in [4.69, 9.17) is 5.11 Å². The van der Waals surface area contributed by atoms with Gasteiger partial charge in [-0.2, -0.15) is 13.2 Å². The number of rotatable bonds is 4. The largest absolute Gasteiger partial charge is 0.476 e. The van der Waals surface area contributed by atoms with Crippen LogP contribution in [-0.2, 0) is 4.74 Å². The number of aromatic carboxylic acids is 1. The average Bonchev–Trinajstić information content (AvgIpc) is 2.74. The van der Waals surface area contributed by atoms with Crippen LogP contribution in [0.5, 0.6) is 0 Å². The Kier molecular flexibility index (Phi) is 4.70. The summed E-state index contributed by atoms with van der Waals surface area (Å²) in [5, 5.41) is 12.3. The topological polar surface area (TPSA) is 88.5 Å². The van der Waals surface area contributed by atoms with E-state index in [-0.39, 0.29) is 10.7 Å². The third-order valence-corrected chi connectivity index (χ3v) is 2.84. The molecule has 0 bridgehead atoms. The van der Waals surface area contributed by atoms with Crippen molar-refractivity contribution in [2.24, 2.45) is 0 Å². The van der Waals surface area contributed by atoms with Crippen LogP contribution in [0.1, 0.15) is 28.5 Å². The maximum Gasteiger partial charge on any atom is 0.422 e. The molecule has 0 saturated carbocycles. The lowest BCUT2D eigenvalue weighted by molar-refractivity contribution is -0.160. The van der Waals surface area contributed by atoms with Crippen molar-refractivity contribution in [1.29, 1.82) is 0 Å². The number of hydrogen-bond acceptors (Lipinski definition) is 5. The first-order valence-corrected chi connectivity index (χ1v) is 5.76. The fourth-order valence-corrected chi connectivity index (χ4v) is 1.81. The van der Waals surface area contributed by atoms with Gasteiger partial charge < -0.3 is 15.2 Å². The van der Waals surface area contributed by atoms with E-state index >= 15 is 0 Å². The van der Waals surface area contributed by atoms with E-state index in [0.29, 0.717) is 0 Å². The molecule has 0 aliphatic heterocycles. The molecule has 1 heterocycles. The second-order valence-corrected chi connectivity index (χ2v) is 4.32. The number of alkyl halides is 3. The molecular weight excluding hydrogens is 289 g/mol. The van der Waals surface area contributed by atoms with Crippen molar-refractivity contribution in [3.8, 4) is 0 Å². The van der Waals surface area contributed by atoms with Gasteiger partial charge in [-0.05, 0) is 6.92 Å². The second-order valence-electron chi connectivity index (χ2n) is 3.43. The molecule has 0 aliphatic rings. The molecule has 0 fully saturated rings. The van der Waals surface area contributed by atoms with E-state index in [1.54, 1.807) is 0 Å². The van der Waals surface area contributed by atoms with Crippen molar-refractivity contribution in [2.75, 3.05) is 6.61 Å². The summed E-state index contributed by atoms with van der Waals surface area (Å²) in [4.78, 5) is 25.3. The molecule has 0 radical (unpaired) electrons. The number of carboxylic acid groups (broad SMARTS) is 1. The van der Waals surface area contributed by atoms with Gasteiger partial charge in [0.05, 0.1) is 6.04 Å². The number of thiazole rings is 1. The summed E-state index contributed by atoms with van der Waals surface area (Å²) in [7, 11) is 0. The maximum absolute atomic E-state index is 11.8. The van der Waals surface area contributed by atoms with Crippen molar-refractivity contribution in [2.45, 2.75) is 19.1 Å². The summed E-state index contributed by atoms with van der Waals surface area (Å²) in [5.41, 5.74) is -0.197. The molecule has 2 N–H and O–H groups in total. The third-order valence-electron chi connectivity index (χ3n) is 1.81. The number of carboxylic acids is 1. The molecule has 0 aromatic carbocycles. The van der Waals surface area contributed by atoms with E-state index in [1.807, 2.05) is 0 Å². The minimum Gasteiger partial charge on any atom is -0.476 e. The lowest BCUT2D eigenvalue weighted by Gasteiger charge is -2.12. The van der Waals surface area contributed by atoms with Crippen LogP contribution in [0.3, 0.4) is 0 Å². The molecule has 1 aromatic rings. The Hall–Kier alpha value is -1.84. The number of carbonyl (C=O) groups excluding carboxylic acids is 1. The summed E-state index contributed by atoms with van der Waals surface area (Å²) >= 11 is 0.967. The van der Waals surface area contributed by atoms with Crippen LogP contribution in [0.25, 0.3) is 0 Å². The quantitative estimate of drug-likeness (QED) is 0.889. The zero-order valence-electron chi connectivity index (χ0n) is 9.52. The predicted octanol–water partition coefficient (Wildman–Crippen LogP) is 2.19. The molecular formula is C9H9F3N2O4S. The molecule has 0 spiro atoms. The average molecular weight is 298 g/mol. The van der Waals surface area contributed by atoms with Crippen LogP contribution in [-0.4, -0.2) is 34.9 Å². The molecule has 1 unspecified atom stereocenters. The van der Waals surface area contributed by atoms with Crippen LogP contribution in [0, 0.1) is 0 Å². The number of halogens is 3. The van der Waals surface area contributed by atoms with Gasteiger partial charge in [-0.1, -0.05) is 0 Å². The highest BCUT2D eigenvalue weighted by molar-refractivity contribution is 7.09. The highest BCUT2D eigenvalue weighted by Crippen LogP contribution is 2.19. The molecule has 1 rings (SSSR count). The number of alkyl carbamates (subject to hydrolysis) is 1. The molecule has 10 heteroatoms. The van der Waals surface area contributed by atoms with Crippen molar-refractivity contribution in [1.82, 2.24) is 10.3 Å². The standard InChI is InChI=1S/C9H9F3N2O4S/c1-4(6-14-5(2-19-6)7(15)16)13-8(17)18-3-9(10,11)12/h2,4H,3H2,1H3,(H,13,17)(H,15,16). The monoisotopic (exact) mass is 298 g/mol. The van der Waals surface area contributed by atoms with Crippen LogP contribution < -0.4 is 5.32 Å². The van der Waals surface area contributed by atoms with E-state index < -0.39 is 30.9 Å². The van der Waals surface area contributed by atoms with Gasteiger partial charge in [-0.15, -0.1) is 11.3 Å². The smallest absolute Gasteiger partial charge is 0.422 e. The summed E-state index contributed by atoms with van der Waals surface area (Å²) in [6, 6.07) is -0.751. The maximum atomic E-state index is 11.8. The molecule has 0 aliphatic carbocycles. The normalized spacial score (nSPS) is 12.8. The van der Waals surface area contributed by atoms with E-state index in [2.05, 4.69) is 15.0 Å². The number of amides is 1. The minimum atomic E-state index is -4.60. The van der Waals surface area contributed by atoms with Gasteiger partial charge in [0.15, 0.2) is 12.3 Å². The van der Waals surface area contributed by atoms with Crippen LogP contribution in [0.15, 0.2) is 5.38 Å². The van der Waals surface area contributed by atoms with Gasteiger partial charge in [0.1, 0.15) is 5.01 Å². The number of nitrogens with one attached hydrogen (secondary N) is 1. The second kappa shape index (κ2) is 5.87. The first-order valence-electron chi connectivity index (χ1n) is 4.88. The van der Waals surface area contributed by atoms with Crippen LogP contribution in [0.4, 0.5) is 18.0 Å². The number of ether oxygens (including phenoxy) is 1. The number of aromatic nitrogens is 1. The highest BCUT2D eigenvalue weighted by Gasteiger charge is 2.30. The molecule has 6 nitrogen and oxygen atoms in total. The Morgan fingerprint density at radius 3 is 2.68 bits per heavy atom. The molecule has 1 atom stereocenters. The van der Waals surface area contributed by atoms with Gasteiger partial charge in [0, 0.05) is 5.38 Å². The Morgan fingerprint density at radius 2 is 2.21 bits per heavy atom. The molecule has 1 aromatic heterocycles. The first kappa shape index (κ1) is 15.2. The van der Waals surface area contributed by atoms with Crippen molar-refractivity contribution in [3.63, 3.8) is 0 Å². The van der Waals surface area contributed by atoms with Gasteiger partial charge in [0.25, 0.3) is 0 Å². The lowest BCUT2D eigenvalue weighted by Crippen LogP contribution is -2.30. The Balaban J connectivity index is 2.51. The van der Waals surface area contributed by atoms with Gasteiger partial charge in [0.2, 0.25) is 0 Å². The summed E-state index contributed by atoms with van der Waals surface area (Å²) in [5.74, 6) is -1.23. The zero-order valence-corrected chi connectivity index (χ0v) is 10.3. The van der Waals surface area contributed by atoms with Crippen molar-refractivity contribution >= 4 is 23.4 Å². The summed E-state index contributed by atoms with van der Waals surface area (Å²) < 4.78 is 39.3. The van der Waals surface area contributed by atoms with Crippen molar-refractivity contribution in [3.05, 3.63) is 16.1 Å². The summed E-state index contributed by atoms with van der Waals surface area (Å²) in [6.45, 7) is -0.247. The Labute approximate surface area is 109 Å². The van der Waals surface area contributed by atoms with E-state index in [9.17, 15) is 22.8 Å².